The molecule has 30 heavy (non-hydrogen) atoms. The van der Waals surface area contributed by atoms with Gasteiger partial charge in [-0.3, -0.25) is 0 Å². The van der Waals surface area contributed by atoms with Crippen molar-refractivity contribution in [1.29, 1.82) is 0 Å². The lowest BCUT2D eigenvalue weighted by molar-refractivity contribution is 0.0710. The highest BCUT2D eigenvalue weighted by molar-refractivity contribution is 5.26. The van der Waals surface area contributed by atoms with Crippen molar-refractivity contribution in [1.82, 2.24) is 0 Å². The van der Waals surface area contributed by atoms with E-state index in [-0.39, 0.29) is 5.82 Å². The molecule has 0 aromatic heterocycles. The van der Waals surface area contributed by atoms with Crippen LogP contribution in [0.5, 0.6) is 0 Å². The predicted octanol–water partition coefficient (Wildman–Crippen LogP) is 9.21. The predicted molar refractivity (Wildman–Crippen MR) is 126 cm³/mol. The van der Waals surface area contributed by atoms with Gasteiger partial charge >= 0.3 is 0 Å². The molecule has 0 radical (unpaired) electrons. The zero-order valence-electron chi connectivity index (χ0n) is 19.7. The molecule has 0 aliphatic heterocycles. The molecular weight excluding hydrogens is 367 g/mol. The molecule has 1 heteroatoms. The Bertz CT molecular complexity index is 656. The number of hydrogen-bond donors (Lipinski definition) is 0. The van der Waals surface area contributed by atoms with Gasteiger partial charge in [0.05, 0.1) is 0 Å². The molecule has 0 N–H and O–H groups in total. The lowest BCUT2D eigenvalue weighted by Crippen LogP contribution is -2.34. The van der Waals surface area contributed by atoms with Crippen molar-refractivity contribution >= 4 is 0 Å². The molecule has 3 aliphatic carbocycles. The van der Waals surface area contributed by atoms with Gasteiger partial charge < -0.3 is 0 Å². The van der Waals surface area contributed by atoms with E-state index in [1.54, 1.807) is 0 Å². The zero-order chi connectivity index (χ0) is 20.9. The van der Waals surface area contributed by atoms with Gasteiger partial charge in [-0.1, -0.05) is 64.0 Å². The second-order valence-corrected chi connectivity index (χ2v) is 11.2. The monoisotopic (exact) mass is 412 g/mol. The normalized spacial score (nSPS) is 34.5. The Kier molecular flexibility index (Phi) is 7.93. The smallest absolute Gasteiger partial charge is 0.126 e. The third-order valence-electron chi connectivity index (χ3n) is 9.34. The second-order valence-electron chi connectivity index (χ2n) is 11.2. The van der Waals surface area contributed by atoms with E-state index in [2.05, 4.69) is 13.0 Å². The lowest BCUT2D eigenvalue weighted by Gasteiger charge is -2.45. The SMILES string of the molecule is CCCCCCC1CCC(C2CCC3CC(c4ccc(C)c(F)c4)CCC3C2)CC1. The number of fused-ring (bicyclic) bond motifs is 1. The highest BCUT2D eigenvalue weighted by Crippen LogP contribution is 2.51. The standard InChI is InChI=1S/C29H45F/c1-3-4-5-6-7-22-9-12-23(13-10-22)24-14-15-26-19-27(17-16-25(26)18-24)28-11-8-21(2)29(30)20-28/h8,11,20,22-27H,3-7,9-10,12-19H2,1-2H3. The average Bonchev–Trinajstić information content (AvgIpc) is 2.78. The molecule has 0 amide bonds. The summed E-state index contributed by atoms with van der Waals surface area (Å²) in [6.45, 7) is 4.19. The van der Waals surface area contributed by atoms with Crippen molar-refractivity contribution in [2.45, 2.75) is 116 Å². The van der Waals surface area contributed by atoms with Gasteiger partial charge in [0, 0.05) is 0 Å². The molecule has 1 aromatic rings. The van der Waals surface area contributed by atoms with Crippen LogP contribution in [0.25, 0.3) is 0 Å². The summed E-state index contributed by atoms with van der Waals surface area (Å²) in [7, 11) is 0. The Balaban J connectivity index is 1.22. The lowest BCUT2D eigenvalue weighted by atomic mass is 9.60. The molecular formula is C29H45F. The first-order valence-electron chi connectivity index (χ1n) is 13.4. The van der Waals surface area contributed by atoms with Crippen molar-refractivity contribution < 1.29 is 4.39 Å². The molecule has 3 saturated carbocycles. The van der Waals surface area contributed by atoms with Crippen LogP contribution in [0, 0.1) is 42.3 Å². The van der Waals surface area contributed by atoms with Gasteiger partial charge in [0.15, 0.2) is 0 Å². The first-order valence-corrected chi connectivity index (χ1v) is 13.4. The van der Waals surface area contributed by atoms with Crippen LogP contribution in [0.15, 0.2) is 18.2 Å². The Morgan fingerprint density at radius 3 is 2.17 bits per heavy atom. The summed E-state index contributed by atoms with van der Waals surface area (Å²) in [6.07, 6.45) is 21.7. The summed E-state index contributed by atoms with van der Waals surface area (Å²) >= 11 is 0. The van der Waals surface area contributed by atoms with E-state index in [9.17, 15) is 4.39 Å². The largest absolute Gasteiger partial charge is 0.207 e. The van der Waals surface area contributed by atoms with Crippen molar-refractivity contribution in [3.63, 3.8) is 0 Å². The summed E-state index contributed by atoms with van der Waals surface area (Å²) in [6, 6.07) is 6.00. The quantitative estimate of drug-likeness (QED) is 0.391. The van der Waals surface area contributed by atoms with E-state index in [4.69, 9.17) is 0 Å². The molecule has 168 valence electrons. The maximum atomic E-state index is 14.1. The minimum Gasteiger partial charge on any atom is -0.207 e. The van der Waals surface area contributed by atoms with Crippen molar-refractivity contribution in [2.24, 2.45) is 29.6 Å². The number of unbranched alkanes of at least 4 members (excludes halogenated alkanes) is 3. The molecule has 0 bridgehead atoms. The van der Waals surface area contributed by atoms with Crippen LogP contribution in [0.1, 0.15) is 120 Å². The maximum Gasteiger partial charge on any atom is 0.126 e. The minimum atomic E-state index is -0.0145. The number of halogens is 1. The van der Waals surface area contributed by atoms with E-state index in [1.165, 1.54) is 102 Å². The highest BCUT2D eigenvalue weighted by Gasteiger charge is 2.39. The fourth-order valence-corrected chi connectivity index (χ4v) is 7.33. The van der Waals surface area contributed by atoms with Gasteiger partial charge in [0.25, 0.3) is 0 Å². The Morgan fingerprint density at radius 1 is 0.767 bits per heavy atom. The van der Waals surface area contributed by atoms with Crippen molar-refractivity contribution in [2.75, 3.05) is 0 Å². The molecule has 4 atom stereocenters. The molecule has 0 spiro atoms. The topological polar surface area (TPSA) is 0 Å². The van der Waals surface area contributed by atoms with Crippen LogP contribution in [0.4, 0.5) is 4.39 Å². The Labute approximate surface area is 185 Å². The number of benzene rings is 1. The van der Waals surface area contributed by atoms with Gasteiger partial charge in [-0.05, 0) is 111 Å². The van der Waals surface area contributed by atoms with Crippen LogP contribution in [-0.4, -0.2) is 0 Å². The summed E-state index contributed by atoms with van der Waals surface area (Å²) in [5, 5.41) is 0. The Morgan fingerprint density at radius 2 is 1.43 bits per heavy atom. The first kappa shape index (κ1) is 22.3. The first-order chi connectivity index (χ1) is 14.6. The van der Waals surface area contributed by atoms with E-state index < -0.39 is 0 Å². The van der Waals surface area contributed by atoms with Crippen LogP contribution in [0.3, 0.4) is 0 Å². The van der Waals surface area contributed by atoms with Crippen molar-refractivity contribution in [3.8, 4) is 0 Å². The third-order valence-corrected chi connectivity index (χ3v) is 9.34. The highest BCUT2D eigenvalue weighted by atomic mass is 19.1. The summed E-state index contributed by atoms with van der Waals surface area (Å²) in [5.74, 6) is 5.53. The van der Waals surface area contributed by atoms with Gasteiger partial charge in [0.2, 0.25) is 0 Å². The Hall–Kier alpha value is -0.850. The molecule has 4 rings (SSSR count). The van der Waals surface area contributed by atoms with E-state index in [0.29, 0.717) is 5.92 Å². The van der Waals surface area contributed by atoms with Gasteiger partial charge in [-0.25, -0.2) is 4.39 Å². The van der Waals surface area contributed by atoms with E-state index in [1.807, 2.05) is 19.1 Å². The van der Waals surface area contributed by atoms with E-state index in [0.717, 1.165) is 35.2 Å². The molecule has 4 unspecified atom stereocenters. The van der Waals surface area contributed by atoms with Crippen LogP contribution >= 0.6 is 0 Å². The number of aryl methyl sites for hydroxylation is 1. The summed E-state index contributed by atoms with van der Waals surface area (Å²) in [4.78, 5) is 0. The molecule has 0 heterocycles. The zero-order valence-corrected chi connectivity index (χ0v) is 19.7. The second kappa shape index (κ2) is 10.6. The number of hydrogen-bond acceptors (Lipinski definition) is 0. The van der Waals surface area contributed by atoms with Crippen molar-refractivity contribution in [3.05, 3.63) is 35.1 Å². The fraction of sp³-hybridized carbons (Fsp3) is 0.793. The molecule has 0 saturated heterocycles. The van der Waals surface area contributed by atoms with Crippen LogP contribution < -0.4 is 0 Å². The van der Waals surface area contributed by atoms with Gasteiger partial charge in [-0.15, -0.1) is 0 Å². The van der Waals surface area contributed by atoms with Gasteiger partial charge in [0.1, 0.15) is 5.82 Å². The average molecular weight is 413 g/mol. The summed E-state index contributed by atoms with van der Waals surface area (Å²) < 4.78 is 14.1. The molecule has 3 fully saturated rings. The third kappa shape index (κ3) is 5.49. The van der Waals surface area contributed by atoms with Crippen LogP contribution in [-0.2, 0) is 0 Å². The van der Waals surface area contributed by atoms with Gasteiger partial charge in [-0.2, -0.15) is 0 Å². The molecule has 0 nitrogen and oxygen atoms in total. The van der Waals surface area contributed by atoms with Crippen LogP contribution in [0.2, 0.25) is 0 Å². The number of rotatable bonds is 7. The molecule has 3 aliphatic rings. The minimum absolute atomic E-state index is 0.0145. The summed E-state index contributed by atoms with van der Waals surface area (Å²) in [5.41, 5.74) is 2.04. The molecule has 1 aromatic carbocycles. The van der Waals surface area contributed by atoms with E-state index >= 15 is 0 Å². The maximum absolute atomic E-state index is 14.1. The fourth-order valence-electron chi connectivity index (χ4n) is 7.33.